The van der Waals surface area contributed by atoms with E-state index < -0.39 is 10.0 Å². The van der Waals surface area contributed by atoms with E-state index >= 15 is 0 Å². The molecule has 27 heavy (non-hydrogen) atoms. The fourth-order valence-corrected chi connectivity index (χ4v) is 3.69. The molecule has 2 aromatic carbocycles. The van der Waals surface area contributed by atoms with Crippen LogP contribution >= 0.6 is 0 Å². The molecule has 2 N–H and O–H groups in total. The number of methoxy groups -OCH3 is 1. The SMILES string of the molecule is COc1ccccc1CNC(=O)CCNS(=O)(=O)c1cccc2nonc12. The summed E-state index contributed by atoms with van der Waals surface area (Å²) < 4.78 is 37.0. The number of carbonyl (C=O) groups is 1. The summed E-state index contributed by atoms with van der Waals surface area (Å²) in [6.07, 6.45) is -0.0125. The zero-order valence-electron chi connectivity index (χ0n) is 14.5. The maximum Gasteiger partial charge on any atom is 0.242 e. The van der Waals surface area contributed by atoms with Crippen molar-refractivity contribution in [1.29, 1.82) is 0 Å². The van der Waals surface area contributed by atoms with Gasteiger partial charge < -0.3 is 10.1 Å². The Balaban J connectivity index is 1.54. The van der Waals surface area contributed by atoms with Crippen molar-refractivity contribution < 1.29 is 22.6 Å². The van der Waals surface area contributed by atoms with Gasteiger partial charge in [-0.1, -0.05) is 24.3 Å². The number of hydrogen-bond donors (Lipinski definition) is 2. The van der Waals surface area contributed by atoms with Crippen molar-refractivity contribution in [2.45, 2.75) is 17.9 Å². The molecule has 1 heterocycles. The van der Waals surface area contributed by atoms with Crippen LogP contribution in [0.3, 0.4) is 0 Å². The molecule has 3 rings (SSSR count). The number of hydrogen-bond acceptors (Lipinski definition) is 7. The lowest BCUT2D eigenvalue weighted by Gasteiger charge is -2.10. The van der Waals surface area contributed by atoms with Gasteiger partial charge in [0.1, 0.15) is 16.2 Å². The number of benzene rings is 2. The average molecular weight is 390 g/mol. The van der Waals surface area contributed by atoms with E-state index in [2.05, 4.69) is 25.0 Å². The van der Waals surface area contributed by atoms with Crippen LogP contribution in [0.15, 0.2) is 52.0 Å². The van der Waals surface area contributed by atoms with Crippen LogP contribution in [0, 0.1) is 0 Å². The van der Waals surface area contributed by atoms with E-state index in [0.29, 0.717) is 17.8 Å². The van der Waals surface area contributed by atoms with Gasteiger partial charge in [0.25, 0.3) is 0 Å². The molecule has 0 aliphatic heterocycles. The first kappa shape index (κ1) is 18.8. The van der Waals surface area contributed by atoms with Crippen molar-refractivity contribution in [3.63, 3.8) is 0 Å². The molecule has 1 aromatic heterocycles. The lowest BCUT2D eigenvalue weighted by atomic mass is 10.2. The highest BCUT2D eigenvalue weighted by atomic mass is 32.2. The highest BCUT2D eigenvalue weighted by molar-refractivity contribution is 7.89. The first-order valence-corrected chi connectivity index (χ1v) is 9.59. The molecular weight excluding hydrogens is 372 g/mol. The molecule has 10 heteroatoms. The van der Waals surface area contributed by atoms with Crippen molar-refractivity contribution >= 4 is 27.0 Å². The summed E-state index contributed by atoms with van der Waals surface area (Å²) in [6.45, 7) is 0.237. The molecule has 0 unspecified atom stereocenters. The second-order valence-corrected chi connectivity index (χ2v) is 7.36. The Kier molecular flexibility index (Phi) is 5.67. The minimum atomic E-state index is -3.84. The van der Waals surface area contributed by atoms with Crippen LogP contribution in [0.25, 0.3) is 11.0 Å². The third-order valence-corrected chi connectivity index (χ3v) is 5.34. The van der Waals surface area contributed by atoms with E-state index in [0.717, 1.165) is 5.56 Å². The van der Waals surface area contributed by atoms with Gasteiger partial charge in [0.2, 0.25) is 15.9 Å². The summed E-state index contributed by atoms with van der Waals surface area (Å²) in [6, 6.07) is 11.9. The molecule has 0 atom stereocenters. The molecule has 0 aliphatic rings. The van der Waals surface area contributed by atoms with Crippen molar-refractivity contribution in [3.05, 3.63) is 48.0 Å². The molecule has 3 aromatic rings. The van der Waals surface area contributed by atoms with Crippen molar-refractivity contribution in [2.75, 3.05) is 13.7 Å². The number of para-hydroxylation sites is 1. The Hall–Kier alpha value is -2.98. The number of aromatic nitrogens is 2. The normalized spacial score (nSPS) is 11.4. The highest BCUT2D eigenvalue weighted by Gasteiger charge is 2.20. The number of nitrogens with one attached hydrogen (secondary N) is 2. The summed E-state index contributed by atoms with van der Waals surface area (Å²) in [5.41, 5.74) is 1.32. The van der Waals surface area contributed by atoms with Crippen LogP contribution in [0.4, 0.5) is 0 Å². The van der Waals surface area contributed by atoms with E-state index in [1.54, 1.807) is 25.3 Å². The quantitative estimate of drug-likeness (QED) is 0.593. The van der Waals surface area contributed by atoms with Crippen LogP contribution in [-0.4, -0.2) is 38.3 Å². The topological polar surface area (TPSA) is 123 Å². The fourth-order valence-electron chi connectivity index (χ4n) is 2.51. The number of rotatable bonds is 8. The Morgan fingerprint density at radius 3 is 2.78 bits per heavy atom. The maximum atomic E-state index is 12.4. The predicted octanol–water partition coefficient (Wildman–Crippen LogP) is 1.22. The first-order valence-electron chi connectivity index (χ1n) is 8.11. The molecule has 0 aliphatic carbocycles. The van der Waals surface area contributed by atoms with Gasteiger partial charge in [0, 0.05) is 25.1 Å². The Morgan fingerprint density at radius 1 is 1.15 bits per heavy atom. The Labute approximate surface area is 155 Å². The van der Waals surface area contributed by atoms with Crippen molar-refractivity contribution in [3.8, 4) is 5.75 Å². The zero-order valence-corrected chi connectivity index (χ0v) is 15.3. The largest absolute Gasteiger partial charge is 0.496 e. The van der Waals surface area contributed by atoms with Gasteiger partial charge >= 0.3 is 0 Å². The number of amides is 1. The minimum Gasteiger partial charge on any atom is -0.496 e. The Bertz CT molecular complexity index is 1050. The average Bonchev–Trinajstić information content (AvgIpc) is 3.15. The van der Waals surface area contributed by atoms with Gasteiger partial charge in [0.15, 0.2) is 5.52 Å². The third kappa shape index (κ3) is 4.41. The summed E-state index contributed by atoms with van der Waals surface area (Å²) >= 11 is 0. The van der Waals surface area contributed by atoms with E-state index in [4.69, 9.17) is 4.74 Å². The number of fused-ring (bicyclic) bond motifs is 1. The van der Waals surface area contributed by atoms with Gasteiger partial charge in [-0.15, -0.1) is 0 Å². The van der Waals surface area contributed by atoms with Crippen LogP contribution in [0.1, 0.15) is 12.0 Å². The number of sulfonamides is 1. The molecule has 0 bridgehead atoms. The van der Waals surface area contributed by atoms with Crippen molar-refractivity contribution in [2.24, 2.45) is 0 Å². The van der Waals surface area contributed by atoms with E-state index in [9.17, 15) is 13.2 Å². The summed E-state index contributed by atoms with van der Waals surface area (Å²) in [7, 11) is -2.29. The zero-order chi connectivity index (χ0) is 19.3. The fraction of sp³-hybridized carbons (Fsp3) is 0.235. The van der Waals surface area contributed by atoms with Gasteiger partial charge in [-0.05, 0) is 28.5 Å². The minimum absolute atomic E-state index is 0.0125. The van der Waals surface area contributed by atoms with Crippen LogP contribution in [-0.2, 0) is 21.4 Å². The molecule has 0 saturated heterocycles. The number of ether oxygens (including phenoxy) is 1. The number of carbonyl (C=O) groups excluding carboxylic acids is 1. The van der Waals surface area contributed by atoms with Gasteiger partial charge in [-0.3, -0.25) is 4.79 Å². The molecule has 9 nitrogen and oxygen atoms in total. The van der Waals surface area contributed by atoms with Gasteiger partial charge in [0.05, 0.1) is 7.11 Å². The summed E-state index contributed by atoms with van der Waals surface area (Å²) in [5.74, 6) is 0.387. The summed E-state index contributed by atoms with van der Waals surface area (Å²) in [4.78, 5) is 11.9. The molecule has 0 radical (unpaired) electrons. The van der Waals surface area contributed by atoms with Gasteiger partial charge in [-0.25, -0.2) is 17.8 Å². The molecule has 1 amide bonds. The highest BCUT2D eigenvalue weighted by Crippen LogP contribution is 2.19. The molecule has 0 fully saturated rings. The van der Waals surface area contributed by atoms with Crippen LogP contribution in [0.2, 0.25) is 0 Å². The lowest BCUT2D eigenvalue weighted by Crippen LogP contribution is -2.30. The molecule has 0 spiro atoms. The van der Waals surface area contributed by atoms with Gasteiger partial charge in [-0.2, -0.15) is 0 Å². The molecule has 0 saturated carbocycles. The lowest BCUT2D eigenvalue weighted by molar-refractivity contribution is -0.121. The van der Waals surface area contributed by atoms with Crippen molar-refractivity contribution in [1.82, 2.24) is 20.4 Å². The van der Waals surface area contributed by atoms with Crippen LogP contribution in [0.5, 0.6) is 5.75 Å². The number of nitrogens with zero attached hydrogens (tertiary/aromatic N) is 2. The van der Waals surface area contributed by atoms with E-state index in [1.165, 1.54) is 6.07 Å². The summed E-state index contributed by atoms with van der Waals surface area (Å²) in [5, 5.41) is 9.96. The third-order valence-electron chi connectivity index (χ3n) is 3.85. The first-order chi connectivity index (χ1) is 13.0. The second kappa shape index (κ2) is 8.14. The smallest absolute Gasteiger partial charge is 0.242 e. The van der Waals surface area contributed by atoms with E-state index in [-0.39, 0.29) is 29.3 Å². The molecular formula is C17H18N4O5S. The predicted molar refractivity (Wildman–Crippen MR) is 96.5 cm³/mol. The molecule has 142 valence electrons. The second-order valence-electron chi connectivity index (χ2n) is 5.62. The Morgan fingerprint density at radius 2 is 1.96 bits per heavy atom. The monoisotopic (exact) mass is 390 g/mol. The standard InChI is InChI=1S/C17H18N4O5S/c1-25-14-7-3-2-5-12(14)11-18-16(22)9-10-19-27(23,24)15-8-4-6-13-17(15)21-26-20-13/h2-8,19H,9-11H2,1H3,(H,18,22). The van der Waals surface area contributed by atoms with E-state index in [1.807, 2.05) is 18.2 Å². The maximum absolute atomic E-state index is 12.4. The van der Waals surface area contributed by atoms with Crippen LogP contribution < -0.4 is 14.8 Å².